The van der Waals surface area contributed by atoms with Gasteiger partial charge >= 0.3 is 0 Å². The Labute approximate surface area is 141 Å². The summed E-state index contributed by atoms with van der Waals surface area (Å²) in [7, 11) is 0. The molecule has 0 bridgehead atoms. The van der Waals surface area contributed by atoms with Crippen LogP contribution in [-0.4, -0.2) is 37.0 Å². The fourth-order valence-corrected chi connectivity index (χ4v) is 3.21. The third-order valence-electron chi connectivity index (χ3n) is 4.25. The van der Waals surface area contributed by atoms with E-state index in [4.69, 9.17) is 17.3 Å². The molecule has 4 nitrogen and oxygen atoms in total. The van der Waals surface area contributed by atoms with E-state index in [0.717, 1.165) is 13.1 Å². The molecule has 1 fully saturated rings. The van der Waals surface area contributed by atoms with Gasteiger partial charge in [0.05, 0.1) is 10.6 Å². The Morgan fingerprint density at radius 2 is 1.78 bits per heavy atom. The molecule has 0 atom stereocenters. The number of carbonyl (C=O) groups excluding carboxylic acids is 1. The second kappa shape index (κ2) is 6.50. The summed E-state index contributed by atoms with van der Waals surface area (Å²) in [4.78, 5) is 16.8. The summed E-state index contributed by atoms with van der Waals surface area (Å²) in [6.07, 6.45) is 0. The molecule has 0 saturated carbocycles. The van der Waals surface area contributed by atoms with E-state index in [1.54, 1.807) is 18.2 Å². The second-order valence-corrected chi connectivity index (χ2v) is 6.21. The van der Waals surface area contributed by atoms with Gasteiger partial charge in [-0.2, -0.15) is 0 Å². The third-order valence-corrected chi connectivity index (χ3v) is 4.56. The summed E-state index contributed by atoms with van der Waals surface area (Å²) in [5.74, 6) is -0.0283. The maximum atomic E-state index is 12.6. The topological polar surface area (TPSA) is 49.6 Å². The molecular weight excluding hydrogens is 310 g/mol. The largest absolute Gasteiger partial charge is 0.399 e. The first-order chi connectivity index (χ1) is 11.1. The zero-order valence-corrected chi connectivity index (χ0v) is 13.9. The molecule has 2 aromatic rings. The summed E-state index contributed by atoms with van der Waals surface area (Å²) in [6.45, 7) is 5.13. The zero-order valence-electron chi connectivity index (χ0n) is 13.1. The average molecular weight is 330 g/mol. The highest BCUT2D eigenvalue weighted by Gasteiger charge is 2.24. The van der Waals surface area contributed by atoms with Crippen LogP contribution < -0.4 is 10.6 Å². The Kier molecular flexibility index (Phi) is 4.44. The number of rotatable bonds is 2. The number of piperazine rings is 1. The number of halogens is 1. The number of hydrogen-bond donors (Lipinski definition) is 1. The lowest BCUT2D eigenvalue weighted by Gasteiger charge is -2.37. The van der Waals surface area contributed by atoms with Gasteiger partial charge in [0, 0.05) is 37.6 Å². The zero-order chi connectivity index (χ0) is 16.4. The molecule has 0 unspecified atom stereocenters. The fourth-order valence-electron chi connectivity index (χ4n) is 2.94. The van der Waals surface area contributed by atoms with Crippen molar-refractivity contribution in [2.75, 3.05) is 36.8 Å². The lowest BCUT2D eigenvalue weighted by atomic mass is 10.1. The highest BCUT2D eigenvalue weighted by Crippen LogP contribution is 2.24. The molecule has 1 heterocycles. The lowest BCUT2D eigenvalue weighted by molar-refractivity contribution is 0.0747. The lowest BCUT2D eigenvalue weighted by Crippen LogP contribution is -2.49. The van der Waals surface area contributed by atoms with Crippen molar-refractivity contribution in [3.63, 3.8) is 0 Å². The average Bonchev–Trinajstić information content (AvgIpc) is 2.55. The van der Waals surface area contributed by atoms with Gasteiger partial charge in [-0.25, -0.2) is 0 Å². The number of carbonyl (C=O) groups is 1. The number of nitrogen functional groups attached to an aromatic ring is 1. The van der Waals surface area contributed by atoms with E-state index in [0.29, 0.717) is 29.4 Å². The molecule has 5 heteroatoms. The summed E-state index contributed by atoms with van der Waals surface area (Å²) >= 11 is 6.15. The van der Waals surface area contributed by atoms with Crippen molar-refractivity contribution in [2.45, 2.75) is 6.92 Å². The first-order valence-electron chi connectivity index (χ1n) is 7.71. The van der Waals surface area contributed by atoms with Gasteiger partial charge < -0.3 is 15.5 Å². The number of hydrogen-bond acceptors (Lipinski definition) is 3. The van der Waals surface area contributed by atoms with Gasteiger partial charge in [0.15, 0.2) is 0 Å². The Balaban J connectivity index is 1.69. The van der Waals surface area contributed by atoms with Crippen LogP contribution in [0.5, 0.6) is 0 Å². The first kappa shape index (κ1) is 15.7. The molecule has 2 N–H and O–H groups in total. The van der Waals surface area contributed by atoms with Crippen LogP contribution in [0.1, 0.15) is 15.9 Å². The maximum absolute atomic E-state index is 12.6. The molecular formula is C18H20ClN3O. The maximum Gasteiger partial charge on any atom is 0.255 e. The monoisotopic (exact) mass is 329 g/mol. The fraction of sp³-hybridized carbons (Fsp3) is 0.278. The quantitative estimate of drug-likeness (QED) is 0.861. The minimum Gasteiger partial charge on any atom is -0.399 e. The van der Waals surface area contributed by atoms with Crippen molar-refractivity contribution in [1.29, 1.82) is 0 Å². The highest BCUT2D eigenvalue weighted by molar-refractivity contribution is 6.34. The summed E-state index contributed by atoms with van der Waals surface area (Å²) < 4.78 is 0. The molecule has 23 heavy (non-hydrogen) atoms. The van der Waals surface area contributed by atoms with Crippen LogP contribution in [0.2, 0.25) is 5.02 Å². The van der Waals surface area contributed by atoms with Crippen molar-refractivity contribution in [1.82, 2.24) is 4.90 Å². The van der Waals surface area contributed by atoms with Crippen LogP contribution in [0, 0.1) is 6.92 Å². The van der Waals surface area contributed by atoms with Gasteiger partial charge in [0.1, 0.15) is 0 Å². The van der Waals surface area contributed by atoms with Gasteiger partial charge in [-0.15, -0.1) is 0 Å². The molecule has 1 saturated heterocycles. The number of benzene rings is 2. The van der Waals surface area contributed by atoms with Crippen molar-refractivity contribution < 1.29 is 4.79 Å². The molecule has 0 aromatic heterocycles. The Bertz CT molecular complexity index is 724. The smallest absolute Gasteiger partial charge is 0.255 e. The van der Waals surface area contributed by atoms with Crippen molar-refractivity contribution in [2.24, 2.45) is 0 Å². The van der Waals surface area contributed by atoms with Gasteiger partial charge in [0.2, 0.25) is 0 Å². The third kappa shape index (κ3) is 3.27. The second-order valence-electron chi connectivity index (χ2n) is 5.81. The first-order valence-corrected chi connectivity index (χ1v) is 8.09. The van der Waals surface area contributed by atoms with E-state index >= 15 is 0 Å². The van der Waals surface area contributed by atoms with Crippen LogP contribution >= 0.6 is 11.6 Å². The predicted octanol–water partition coefficient (Wildman–Crippen LogP) is 3.19. The van der Waals surface area contributed by atoms with Gasteiger partial charge in [-0.1, -0.05) is 29.8 Å². The number of para-hydroxylation sites is 1. The molecule has 3 rings (SSSR count). The summed E-state index contributed by atoms with van der Waals surface area (Å²) in [5.41, 5.74) is 9.27. The standard InChI is InChI=1S/C18H20ClN3O/c1-13-4-2-3-5-17(13)21-8-10-22(11-9-21)18(23)15-7-6-14(20)12-16(15)19/h2-7,12H,8-11,20H2,1H3. The van der Waals surface area contributed by atoms with E-state index in [2.05, 4.69) is 24.0 Å². The number of amides is 1. The molecule has 0 aliphatic carbocycles. The molecule has 0 spiro atoms. The Morgan fingerprint density at radius 1 is 1.09 bits per heavy atom. The van der Waals surface area contributed by atoms with Crippen LogP contribution in [0.15, 0.2) is 42.5 Å². The number of aryl methyl sites for hydroxylation is 1. The highest BCUT2D eigenvalue weighted by atomic mass is 35.5. The Morgan fingerprint density at radius 3 is 2.43 bits per heavy atom. The Hall–Kier alpha value is -2.20. The van der Waals surface area contributed by atoms with Gasteiger partial charge in [-0.05, 0) is 36.8 Å². The number of nitrogens with two attached hydrogens (primary N) is 1. The minimum atomic E-state index is -0.0283. The van der Waals surface area contributed by atoms with Gasteiger partial charge in [0.25, 0.3) is 5.91 Å². The summed E-state index contributed by atoms with van der Waals surface area (Å²) in [6, 6.07) is 13.4. The van der Waals surface area contributed by atoms with Crippen molar-refractivity contribution in [3.05, 3.63) is 58.6 Å². The van der Waals surface area contributed by atoms with Crippen LogP contribution in [-0.2, 0) is 0 Å². The normalized spacial score (nSPS) is 14.9. The van der Waals surface area contributed by atoms with E-state index in [-0.39, 0.29) is 5.91 Å². The van der Waals surface area contributed by atoms with Crippen molar-refractivity contribution >= 4 is 28.9 Å². The van der Waals surface area contributed by atoms with E-state index in [9.17, 15) is 4.79 Å². The number of anilines is 2. The molecule has 0 radical (unpaired) electrons. The SMILES string of the molecule is Cc1ccccc1N1CCN(C(=O)c2ccc(N)cc2Cl)CC1. The molecule has 1 amide bonds. The van der Waals surface area contributed by atoms with E-state index in [1.165, 1.54) is 11.3 Å². The van der Waals surface area contributed by atoms with Crippen molar-refractivity contribution in [3.8, 4) is 0 Å². The summed E-state index contributed by atoms with van der Waals surface area (Å²) in [5, 5.41) is 0.413. The molecule has 120 valence electrons. The number of nitrogens with zero attached hydrogens (tertiary/aromatic N) is 2. The van der Waals surface area contributed by atoms with Crippen LogP contribution in [0.3, 0.4) is 0 Å². The van der Waals surface area contributed by atoms with Crippen LogP contribution in [0.4, 0.5) is 11.4 Å². The minimum absolute atomic E-state index is 0.0283. The molecule has 2 aromatic carbocycles. The van der Waals surface area contributed by atoms with Crippen LogP contribution in [0.25, 0.3) is 0 Å². The molecule has 1 aliphatic rings. The van der Waals surface area contributed by atoms with Gasteiger partial charge in [-0.3, -0.25) is 4.79 Å². The molecule has 1 aliphatic heterocycles. The predicted molar refractivity (Wildman–Crippen MR) is 95.2 cm³/mol. The van der Waals surface area contributed by atoms with E-state index < -0.39 is 0 Å². The van der Waals surface area contributed by atoms with E-state index in [1.807, 2.05) is 17.0 Å².